The molecule has 29 heavy (non-hydrogen) atoms. The van der Waals surface area contributed by atoms with Crippen molar-refractivity contribution in [2.24, 2.45) is 0 Å². The zero-order valence-corrected chi connectivity index (χ0v) is 19.3. The van der Waals surface area contributed by atoms with Gasteiger partial charge >= 0.3 is 181 Å². The van der Waals surface area contributed by atoms with E-state index in [2.05, 4.69) is 121 Å². The third kappa shape index (κ3) is 5.48. The summed E-state index contributed by atoms with van der Waals surface area (Å²) in [5.74, 6) is 0. The Bertz CT molecular complexity index is 810. The first-order valence-electron chi connectivity index (χ1n) is 10.2. The van der Waals surface area contributed by atoms with Crippen molar-refractivity contribution in [3.8, 4) is 0 Å². The molecule has 0 amide bonds. The zero-order chi connectivity index (χ0) is 19.7. The van der Waals surface area contributed by atoms with Crippen molar-refractivity contribution < 1.29 is 0 Å². The van der Waals surface area contributed by atoms with Gasteiger partial charge in [0.05, 0.1) is 0 Å². The number of hydrogen-bond donors (Lipinski definition) is 0. The molecular formula is C27H26AsP. The van der Waals surface area contributed by atoms with Crippen LogP contribution in [-0.2, 0) is 0 Å². The van der Waals surface area contributed by atoms with Gasteiger partial charge in [-0.3, -0.25) is 0 Å². The summed E-state index contributed by atoms with van der Waals surface area (Å²) in [6.07, 6.45) is 2.54. The van der Waals surface area contributed by atoms with Crippen LogP contribution in [-0.4, -0.2) is 20.8 Å². The van der Waals surface area contributed by atoms with Crippen molar-refractivity contribution in [2.45, 2.75) is 11.6 Å². The van der Waals surface area contributed by atoms with Crippen LogP contribution >= 0.6 is 7.92 Å². The molecule has 0 N–H and O–H groups in total. The van der Waals surface area contributed by atoms with Gasteiger partial charge in [0.15, 0.2) is 0 Å². The summed E-state index contributed by atoms with van der Waals surface area (Å²) in [6.45, 7) is 0. The van der Waals surface area contributed by atoms with E-state index in [0.717, 1.165) is 0 Å². The summed E-state index contributed by atoms with van der Waals surface area (Å²) in [5, 5.41) is 4.30. The average molecular weight is 456 g/mol. The van der Waals surface area contributed by atoms with E-state index in [1.807, 2.05) is 0 Å². The molecule has 0 unspecified atom stereocenters. The van der Waals surface area contributed by atoms with Crippen molar-refractivity contribution in [3.63, 3.8) is 0 Å². The summed E-state index contributed by atoms with van der Waals surface area (Å²) in [7, 11) is -0.296. The standard InChI is InChI=1S/C27H26AsP/c1-5-14-24(15-6-1)28(25-16-7-2-8-17-25)22-13-23-29(26-18-9-3-10-19-26)27-20-11-4-12-21-27/h1-12,14-21H,13,22-23H2. The monoisotopic (exact) mass is 456 g/mol. The Kier molecular flexibility index (Phi) is 7.36. The molecule has 0 aliphatic rings. The second-order valence-electron chi connectivity index (χ2n) is 7.00. The van der Waals surface area contributed by atoms with E-state index in [9.17, 15) is 0 Å². The van der Waals surface area contributed by atoms with Crippen LogP contribution in [0, 0.1) is 0 Å². The average Bonchev–Trinajstić information content (AvgIpc) is 2.81. The summed E-state index contributed by atoms with van der Waals surface area (Å²) in [6, 6.07) is 44.6. The Hall–Kier alpha value is -2.13. The van der Waals surface area contributed by atoms with E-state index in [-0.39, 0.29) is 7.92 Å². The molecule has 0 aliphatic heterocycles. The third-order valence-electron chi connectivity index (χ3n) is 5.03. The van der Waals surface area contributed by atoms with E-state index in [1.165, 1.54) is 28.4 Å². The SMILES string of the molecule is c1ccc(P(CCC[As](c2ccccc2)c2ccccc2)c2ccccc2)cc1. The Morgan fingerprint density at radius 2 is 0.862 bits per heavy atom. The fraction of sp³-hybridized carbons (Fsp3) is 0.111. The van der Waals surface area contributed by atoms with Crippen LogP contribution in [0.1, 0.15) is 6.42 Å². The van der Waals surface area contributed by atoms with Gasteiger partial charge in [0.2, 0.25) is 0 Å². The van der Waals surface area contributed by atoms with Gasteiger partial charge in [0, 0.05) is 0 Å². The normalized spacial score (nSPS) is 11.1. The van der Waals surface area contributed by atoms with Gasteiger partial charge in [-0.1, -0.05) is 0 Å². The van der Waals surface area contributed by atoms with Crippen LogP contribution in [0.4, 0.5) is 0 Å². The molecule has 0 aromatic heterocycles. The Morgan fingerprint density at radius 1 is 0.483 bits per heavy atom. The molecule has 0 saturated carbocycles. The maximum absolute atomic E-state index is 2.34. The molecule has 144 valence electrons. The summed E-state index contributed by atoms with van der Waals surface area (Å²) < 4.78 is 3.13. The predicted molar refractivity (Wildman–Crippen MR) is 131 cm³/mol. The van der Waals surface area contributed by atoms with Crippen molar-refractivity contribution >= 4 is 41.9 Å². The molecule has 0 nitrogen and oxygen atoms in total. The van der Waals surface area contributed by atoms with Crippen LogP contribution < -0.4 is 19.3 Å². The molecule has 0 radical (unpaired) electrons. The predicted octanol–water partition coefficient (Wildman–Crippen LogP) is 4.82. The third-order valence-corrected chi connectivity index (χ3v) is 13.1. The Balaban J connectivity index is 1.53. The second-order valence-corrected chi connectivity index (χ2v) is 14.2. The quantitative estimate of drug-likeness (QED) is 0.264. The van der Waals surface area contributed by atoms with Crippen molar-refractivity contribution in [1.29, 1.82) is 0 Å². The first-order valence-corrected chi connectivity index (χ1v) is 14.9. The van der Waals surface area contributed by atoms with Gasteiger partial charge in [0.1, 0.15) is 0 Å². The minimum atomic E-state index is -1.27. The van der Waals surface area contributed by atoms with Crippen LogP contribution in [0.3, 0.4) is 0 Å². The van der Waals surface area contributed by atoms with Crippen molar-refractivity contribution in [2.75, 3.05) is 6.16 Å². The molecule has 4 aromatic carbocycles. The molecule has 4 aromatic rings. The van der Waals surface area contributed by atoms with Gasteiger partial charge in [0.25, 0.3) is 0 Å². The van der Waals surface area contributed by atoms with E-state index < -0.39 is 14.7 Å². The molecule has 0 heterocycles. The van der Waals surface area contributed by atoms with Gasteiger partial charge in [-0.05, 0) is 0 Å². The number of benzene rings is 4. The summed E-state index contributed by atoms with van der Waals surface area (Å²) >= 11 is -1.27. The Labute approximate surface area is 180 Å². The molecule has 0 aliphatic carbocycles. The maximum atomic E-state index is 2.34. The molecule has 0 bridgehead atoms. The fourth-order valence-electron chi connectivity index (χ4n) is 3.63. The molecule has 0 spiro atoms. The summed E-state index contributed by atoms with van der Waals surface area (Å²) in [4.78, 5) is 0. The van der Waals surface area contributed by atoms with E-state index in [0.29, 0.717) is 0 Å². The molecule has 0 fully saturated rings. The van der Waals surface area contributed by atoms with Crippen LogP contribution in [0.2, 0.25) is 5.21 Å². The van der Waals surface area contributed by atoms with Gasteiger partial charge in [-0.2, -0.15) is 0 Å². The minimum absolute atomic E-state index is 0.296. The number of hydrogen-bond acceptors (Lipinski definition) is 0. The zero-order valence-electron chi connectivity index (χ0n) is 16.6. The molecule has 0 atom stereocenters. The van der Waals surface area contributed by atoms with Gasteiger partial charge < -0.3 is 0 Å². The first kappa shape index (κ1) is 20.2. The van der Waals surface area contributed by atoms with Gasteiger partial charge in [-0.15, -0.1) is 0 Å². The topological polar surface area (TPSA) is 0 Å². The fourth-order valence-corrected chi connectivity index (χ4v) is 11.5. The number of rotatable bonds is 8. The van der Waals surface area contributed by atoms with E-state index in [4.69, 9.17) is 0 Å². The Morgan fingerprint density at radius 3 is 1.28 bits per heavy atom. The second kappa shape index (κ2) is 10.6. The van der Waals surface area contributed by atoms with Crippen molar-refractivity contribution in [3.05, 3.63) is 121 Å². The van der Waals surface area contributed by atoms with E-state index in [1.54, 1.807) is 8.70 Å². The molecule has 4 rings (SSSR count). The molecule has 2 heteroatoms. The van der Waals surface area contributed by atoms with Crippen LogP contribution in [0.5, 0.6) is 0 Å². The van der Waals surface area contributed by atoms with E-state index >= 15 is 0 Å². The van der Waals surface area contributed by atoms with Gasteiger partial charge in [-0.25, -0.2) is 0 Å². The summed E-state index contributed by atoms with van der Waals surface area (Å²) in [5.41, 5.74) is 0. The van der Waals surface area contributed by atoms with Crippen LogP contribution in [0.15, 0.2) is 121 Å². The molecule has 0 saturated heterocycles. The molecular weight excluding hydrogens is 430 g/mol. The van der Waals surface area contributed by atoms with Crippen LogP contribution in [0.25, 0.3) is 0 Å². The first-order chi connectivity index (χ1) is 14.4. The van der Waals surface area contributed by atoms with Crippen molar-refractivity contribution in [1.82, 2.24) is 0 Å².